The SMILES string of the molecule is Fc1cc(F)cc(OC2CCCCC2)c1. The molecule has 0 N–H and O–H groups in total. The summed E-state index contributed by atoms with van der Waals surface area (Å²) in [6.07, 6.45) is 5.61. The van der Waals surface area contributed by atoms with Crippen LogP contribution in [0.1, 0.15) is 32.1 Å². The molecule has 0 aromatic heterocycles. The molecule has 1 aliphatic carbocycles. The van der Waals surface area contributed by atoms with Crippen molar-refractivity contribution in [2.45, 2.75) is 38.2 Å². The van der Waals surface area contributed by atoms with Gasteiger partial charge in [-0.15, -0.1) is 0 Å². The molecule has 0 saturated heterocycles. The van der Waals surface area contributed by atoms with E-state index in [2.05, 4.69) is 0 Å². The first-order valence-electron chi connectivity index (χ1n) is 5.37. The van der Waals surface area contributed by atoms with Crippen LogP contribution in [0, 0.1) is 11.6 Å². The zero-order valence-corrected chi connectivity index (χ0v) is 8.51. The third-order valence-electron chi connectivity index (χ3n) is 2.69. The molecule has 1 aliphatic rings. The predicted octanol–water partition coefficient (Wildman–Crippen LogP) is 3.68. The lowest BCUT2D eigenvalue weighted by atomic mass is 9.98. The number of hydrogen-bond donors (Lipinski definition) is 0. The van der Waals surface area contributed by atoms with E-state index in [1.165, 1.54) is 18.6 Å². The van der Waals surface area contributed by atoms with Crippen molar-refractivity contribution in [2.24, 2.45) is 0 Å². The second kappa shape index (κ2) is 4.60. The molecule has 15 heavy (non-hydrogen) atoms. The molecule has 0 spiro atoms. The zero-order chi connectivity index (χ0) is 10.7. The van der Waals surface area contributed by atoms with Gasteiger partial charge in [0.05, 0.1) is 6.10 Å². The van der Waals surface area contributed by atoms with Gasteiger partial charge in [0, 0.05) is 18.2 Å². The summed E-state index contributed by atoms with van der Waals surface area (Å²) in [7, 11) is 0. The fraction of sp³-hybridized carbons (Fsp3) is 0.500. The summed E-state index contributed by atoms with van der Waals surface area (Å²) in [6, 6.07) is 3.32. The van der Waals surface area contributed by atoms with Crippen molar-refractivity contribution in [3.8, 4) is 5.75 Å². The molecule has 2 rings (SSSR count). The highest BCUT2D eigenvalue weighted by molar-refractivity contribution is 5.24. The monoisotopic (exact) mass is 212 g/mol. The van der Waals surface area contributed by atoms with Gasteiger partial charge in [0.1, 0.15) is 17.4 Å². The predicted molar refractivity (Wildman–Crippen MR) is 53.9 cm³/mol. The van der Waals surface area contributed by atoms with Crippen LogP contribution in [0.15, 0.2) is 18.2 Å². The van der Waals surface area contributed by atoms with Gasteiger partial charge in [-0.05, 0) is 25.7 Å². The second-order valence-electron chi connectivity index (χ2n) is 3.98. The number of ether oxygens (including phenoxy) is 1. The Kier molecular flexibility index (Phi) is 3.19. The molecule has 1 aromatic carbocycles. The normalized spacial score (nSPS) is 17.7. The Bertz CT molecular complexity index is 312. The molecule has 1 fully saturated rings. The van der Waals surface area contributed by atoms with E-state index in [1.807, 2.05) is 0 Å². The Morgan fingerprint density at radius 1 is 0.933 bits per heavy atom. The fourth-order valence-corrected chi connectivity index (χ4v) is 1.97. The van der Waals surface area contributed by atoms with Gasteiger partial charge >= 0.3 is 0 Å². The molecular weight excluding hydrogens is 198 g/mol. The first kappa shape index (κ1) is 10.4. The molecule has 0 radical (unpaired) electrons. The highest BCUT2D eigenvalue weighted by Gasteiger charge is 2.15. The standard InChI is InChI=1S/C12H14F2O/c13-9-6-10(14)8-12(7-9)15-11-4-2-1-3-5-11/h6-8,11H,1-5H2. The summed E-state index contributed by atoms with van der Waals surface area (Å²) in [4.78, 5) is 0. The highest BCUT2D eigenvalue weighted by Crippen LogP contribution is 2.24. The van der Waals surface area contributed by atoms with Gasteiger partial charge in [-0.3, -0.25) is 0 Å². The molecule has 0 atom stereocenters. The van der Waals surface area contributed by atoms with Crippen molar-refractivity contribution >= 4 is 0 Å². The zero-order valence-electron chi connectivity index (χ0n) is 8.51. The van der Waals surface area contributed by atoms with Gasteiger partial charge in [0.2, 0.25) is 0 Å². The van der Waals surface area contributed by atoms with E-state index in [0.717, 1.165) is 31.7 Å². The van der Waals surface area contributed by atoms with Crippen molar-refractivity contribution in [1.82, 2.24) is 0 Å². The first-order chi connectivity index (χ1) is 7.24. The third-order valence-corrected chi connectivity index (χ3v) is 2.69. The summed E-state index contributed by atoms with van der Waals surface area (Å²) >= 11 is 0. The van der Waals surface area contributed by atoms with Crippen LogP contribution in [0.25, 0.3) is 0 Å². The van der Waals surface area contributed by atoms with Crippen molar-refractivity contribution in [3.05, 3.63) is 29.8 Å². The summed E-state index contributed by atoms with van der Waals surface area (Å²) in [5, 5.41) is 0. The Balaban J connectivity index is 2.02. The van der Waals surface area contributed by atoms with E-state index < -0.39 is 11.6 Å². The average molecular weight is 212 g/mol. The van der Waals surface area contributed by atoms with E-state index in [-0.39, 0.29) is 6.10 Å². The fourth-order valence-electron chi connectivity index (χ4n) is 1.97. The van der Waals surface area contributed by atoms with Gasteiger partial charge < -0.3 is 4.74 Å². The molecule has 0 heterocycles. The van der Waals surface area contributed by atoms with Crippen LogP contribution in [-0.4, -0.2) is 6.10 Å². The van der Waals surface area contributed by atoms with E-state index >= 15 is 0 Å². The highest BCUT2D eigenvalue weighted by atomic mass is 19.1. The smallest absolute Gasteiger partial charge is 0.129 e. The van der Waals surface area contributed by atoms with Crippen LogP contribution in [0.5, 0.6) is 5.75 Å². The number of hydrogen-bond acceptors (Lipinski definition) is 1. The number of benzene rings is 1. The molecule has 3 heteroatoms. The summed E-state index contributed by atoms with van der Waals surface area (Å²) in [5.41, 5.74) is 0. The van der Waals surface area contributed by atoms with Crippen LogP contribution in [0.4, 0.5) is 8.78 Å². The quantitative estimate of drug-likeness (QED) is 0.726. The summed E-state index contributed by atoms with van der Waals surface area (Å²) < 4.78 is 31.3. The van der Waals surface area contributed by atoms with E-state index in [0.29, 0.717) is 5.75 Å². The molecule has 0 bridgehead atoms. The van der Waals surface area contributed by atoms with Crippen LogP contribution in [0.3, 0.4) is 0 Å². The molecule has 82 valence electrons. The van der Waals surface area contributed by atoms with Crippen molar-refractivity contribution in [1.29, 1.82) is 0 Å². The maximum absolute atomic E-state index is 12.9. The minimum Gasteiger partial charge on any atom is -0.490 e. The third kappa shape index (κ3) is 2.91. The van der Waals surface area contributed by atoms with Crippen LogP contribution in [0.2, 0.25) is 0 Å². The molecule has 0 aliphatic heterocycles. The molecule has 1 nitrogen and oxygen atoms in total. The lowest BCUT2D eigenvalue weighted by Crippen LogP contribution is -2.19. The van der Waals surface area contributed by atoms with Gasteiger partial charge in [-0.1, -0.05) is 6.42 Å². The van der Waals surface area contributed by atoms with Crippen molar-refractivity contribution < 1.29 is 13.5 Å². The van der Waals surface area contributed by atoms with E-state index in [9.17, 15) is 8.78 Å². The Morgan fingerprint density at radius 2 is 1.53 bits per heavy atom. The summed E-state index contributed by atoms with van der Waals surface area (Å²) in [5.74, 6) is -0.860. The number of rotatable bonds is 2. The molecule has 1 saturated carbocycles. The Morgan fingerprint density at radius 3 is 2.13 bits per heavy atom. The second-order valence-corrected chi connectivity index (χ2v) is 3.98. The minimum absolute atomic E-state index is 0.125. The first-order valence-corrected chi connectivity index (χ1v) is 5.37. The minimum atomic E-state index is -0.583. The Labute approximate surface area is 88.1 Å². The van der Waals surface area contributed by atoms with Crippen LogP contribution in [-0.2, 0) is 0 Å². The average Bonchev–Trinajstić information content (AvgIpc) is 2.17. The van der Waals surface area contributed by atoms with Gasteiger partial charge in [0.15, 0.2) is 0 Å². The number of halogens is 2. The molecule has 0 amide bonds. The maximum Gasteiger partial charge on any atom is 0.129 e. The largest absolute Gasteiger partial charge is 0.490 e. The molecule has 1 aromatic rings. The van der Waals surface area contributed by atoms with E-state index in [1.54, 1.807) is 0 Å². The molecular formula is C12H14F2O. The topological polar surface area (TPSA) is 9.23 Å². The van der Waals surface area contributed by atoms with Gasteiger partial charge in [-0.25, -0.2) is 8.78 Å². The van der Waals surface area contributed by atoms with Crippen LogP contribution >= 0.6 is 0 Å². The van der Waals surface area contributed by atoms with E-state index in [4.69, 9.17) is 4.74 Å². The maximum atomic E-state index is 12.9. The lowest BCUT2D eigenvalue weighted by molar-refractivity contribution is 0.154. The Hall–Kier alpha value is -1.12. The summed E-state index contributed by atoms with van der Waals surface area (Å²) in [6.45, 7) is 0. The van der Waals surface area contributed by atoms with Gasteiger partial charge in [-0.2, -0.15) is 0 Å². The van der Waals surface area contributed by atoms with Crippen LogP contribution < -0.4 is 4.74 Å². The lowest BCUT2D eigenvalue weighted by Gasteiger charge is -2.22. The van der Waals surface area contributed by atoms with Crippen molar-refractivity contribution in [2.75, 3.05) is 0 Å². The van der Waals surface area contributed by atoms with Crippen molar-refractivity contribution in [3.63, 3.8) is 0 Å². The molecule has 0 unspecified atom stereocenters. The van der Waals surface area contributed by atoms with Gasteiger partial charge in [0.25, 0.3) is 0 Å².